The van der Waals surface area contributed by atoms with Crippen LogP contribution in [0.3, 0.4) is 0 Å². The van der Waals surface area contributed by atoms with Gasteiger partial charge in [0.15, 0.2) is 5.41 Å². The maximum atomic E-state index is 12.5. The van der Waals surface area contributed by atoms with Gasteiger partial charge in [-0.1, -0.05) is 50.3 Å². The normalized spacial score (nSPS) is 14.8. The van der Waals surface area contributed by atoms with Crippen molar-refractivity contribution in [2.24, 2.45) is 11.3 Å². The van der Waals surface area contributed by atoms with E-state index in [9.17, 15) is 10.1 Å². The van der Waals surface area contributed by atoms with Crippen molar-refractivity contribution in [2.45, 2.75) is 33.1 Å². The van der Waals surface area contributed by atoms with Crippen LogP contribution in [0.5, 0.6) is 0 Å². The highest BCUT2D eigenvalue weighted by atomic mass is 16.5. The molecule has 0 heterocycles. The molecule has 1 aromatic carbocycles. The van der Waals surface area contributed by atoms with Crippen LogP contribution in [0.4, 0.5) is 0 Å². The second kappa shape index (κ2) is 7.64. The summed E-state index contributed by atoms with van der Waals surface area (Å²) in [6.07, 6.45) is 1.90. The van der Waals surface area contributed by atoms with Gasteiger partial charge in [0, 0.05) is 5.92 Å². The summed E-state index contributed by atoms with van der Waals surface area (Å²) in [6, 6.07) is 11.9. The fourth-order valence-electron chi connectivity index (χ4n) is 2.88. The molecule has 0 saturated carbocycles. The zero-order valence-corrected chi connectivity index (χ0v) is 13.0. The number of benzene rings is 1. The number of nitrogens with zero attached hydrogens (tertiary/aromatic N) is 1. The van der Waals surface area contributed by atoms with Crippen LogP contribution < -0.4 is 0 Å². The molecule has 0 aliphatic rings. The Morgan fingerprint density at radius 1 is 1.43 bits per heavy atom. The largest absolute Gasteiger partial charge is 0.465 e. The van der Waals surface area contributed by atoms with Gasteiger partial charge in [-0.3, -0.25) is 4.79 Å². The summed E-state index contributed by atoms with van der Waals surface area (Å²) in [7, 11) is 0. The van der Waals surface area contributed by atoms with Crippen molar-refractivity contribution >= 4 is 5.97 Å². The van der Waals surface area contributed by atoms with Crippen LogP contribution in [-0.4, -0.2) is 12.6 Å². The number of allylic oxidation sites excluding steroid dienone is 1. The summed E-state index contributed by atoms with van der Waals surface area (Å²) in [5, 5.41) is 9.79. The fourth-order valence-corrected chi connectivity index (χ4v) is 2.88. The molecule has 3 heteroatoms. The Labute approximate surface area is 127 Å². The molecule has 0 amide bonds. The van der Waals surface area contributed by atoms with Crippen LogP contribution in [0.2, 0.25) is 0 Å². The van der Waals surface area contributed by atoms with Gasteiger partial charge in [0.1, 0.15) is 0 Å². The van der Waals surface area contributed by atoms with E-state index >= 15 is 0 Å². The van der Waals surface area contributed by atoms with Crippen molar-refractivity contribution in [1.29, 1.82) is 5.26 Å². The molecule has 1 aromatic rings. The fraction of sp³-hybridized carbons (Fsp3) is 0.444. The van der Waals surface area contributed by atoms with Gasteiger partial charge in [-0.15, -0.1) is 6.58 Å². The first-order valence-electron chi connectivity index (χ1n) is 7.27. The van der Waals surface area contributed by atoms with Gasteiger partial charge < -0.3 is 4.74 Å². The van der Waals surface area contributed by atoms with E-state index in [2.05, 4.69) is 12.6 Å². The average molecular weight is 285 g/mol. The molecule has 3 nitrogen and oxygen atoms in total. The highest BCUT2D eigenvalue weighted by molar-refractivity contribution is 5.82. The summed E-state index contributed by atoms with van der Waals surface area (Å²) < 4.78 is 5.19. The average Bonchev–Trinajstić information content (AvgIpc) is 2.47. The van der Waals surface area contributed by atoms with Crippen molar-refractivity contribution in [2.75, 3.05) is 6.61 Å². The first kappa shape index (κ1) is 17.0. The summed E-state index contributed by atoms with van der Waals surface area (Å²) in [4.78, 5) is 12.5. The molecule has 0 spiro atoms. The number of nitriles is 1. The molecule has 0 aliphatic heterocycles. The zero-order chi connectivity index (χ0) is 15.9. The Bertz CT molecular complexity index is 516. The van der Waals surface area contributed by atoms with E-state index in [0.717, 1.165) is 5.56 Å². The Morgan fingerprint density at radius 2 is 2.05 bits per heavy atom. The SMILES string of the molecule is C=CC[C@](C#N)(C(=O)OCC)[C@@H](c1ccccc1)C(C)C. The summed E-state index contributed by atoms with van der Waals surface area (Å²) in [6.45, 7) is 9.77. The predicted octanol–water partition coefficient (Wildman–Crippen LogP) is 4.08. The number of carbonyl (C=O) groups is 1. The van der Waals surface area contributed by atoms with Gasteiger partial charge in [0.25, 0.3) is 0 Å². The van der Waals surface area contributed by atoms with Crippen LogP contribution in [0.25, 0.3) is 0 Å². The van der Waals surface area contributed by atoms with Gasteiger partial charge in [0.2, 0.25) is 0 Å². The Hall–Kier alpha value is -2.08. The molecule has 0 aliphatic carbocycles. The van der Waals surface area contributed by atoms with E-state index in [-0.39, 0.29) is 24.9 Å². The predicted molar refractivity (Wildman–Crippen MR) is 83.5 cm³/mol. The number of rotatable bonds is 7. The lowest BCUT2D eigenvalue weighted by Gasteiger charge is -2.35. The second-order valence-corrected chi connectivity index (χ2v) is 5.43. The first-order valence-corrected chi connectivity index (χ1v) is 7.27. The lowest BCUT2D eigenvalue weighted by atomic mass is 9.66. The number of esters is 1. The molecule has 0 fully saturated rings. The van der Waals surface area contributed by atoms with Gasteiger partial charge in [0.05, 0.1) is 12.7 Å². The quantitative estimate of drug-likeness (QED) is 0.560. The monoisotopic (exact) mass is 285 g/mol. The third-order valence-corrected chi connectivity index (χ3v) is 3.66. The lowest BCUT2D eigenvalue weighted by Crippen LogP contribution is -2.39. The summed E-state index contributed by atoms with van der Waals surface area (Å²) >= 11 is 0. The molecule has 0 N–H and O–H groups in total. The van der Waals surface area contributed by atoms with Crippen LogP contribution in [0.1, 0.15) is 38.7 Å². The number of ether oxygens (including phenoxy) is 1. The molecule has 0 radical (unpaired) electrons. The zero-order valence-electron chi connectivity index (χ0n) is 13.0. The number of hydrogen-bond donors (Lipinski definition) is 0. The minimum atomic E-state index is -1.23. The molecule has 0 aromatic heterocycles. The third-order valence-electron chi connectivity index (χ3n) is 3.66. The van der Waals surface area contributed by atoms with Crippen molar-refractivity contribution in [3.63, 3.8) is 0 Å². The summed E-state index contributed by atoms with van der Waals surface area (Å²) in [5.41, 5.74) is -0.253. The van der Waals surface area contributed by atoms with Crippen LogP contribution in [-0.2, 0) is 9.53 Å². The maximum absolute atomic E-state index is 12.5. The molecule has 2 atom stereocenters. The molecule has 1 rings (SSSR count). The van der Waals surface area contributed by atoms with Crippen LogP contribution >= 0.6 is 0 Å². The molecule has 0 unspecified atom stereocenters. The van der Waals surface area contributed by atoms with Crippen molar-refractivity contribution in [3.8, 4) is 6.07 Å². The smallest absolute Gasteiger partial charge is 0.327 e. The Morgan fingerprint density at radius 3 is 2.48 bits per heavy atom. The van der Waals surface area contributed by atoms with E-state index in [1.165, 1.54) is 0 Å². The van der Waals surface area contributed by atoms with E-state index in [1.54, 1.807) is 13.0 Å². The first-order chi connectivity index (χ1) is 10.0. The van der Waals surface area contributed by atoms with Crippen molar-refractivity contribution < 1.29 is 9.53 Å². The highest BCUT2D eigenvalue weighted by Gasteiger charge is 2.48. The van der Waals surface area contributed by atoms with Crippen LogP contribution in [0.15, 0.2) is 43.0 Å². The molecule has 112 valence electrons. The van der Waals surface area contributed by atoms with Gasteiger partial charge in [-0.25, -0.2) is 0 Å². The van der Waals surface area contributed by atoms with Gasteiger partial charge in [-0.2, -0.15) is 5.26 Å². The van der Waals surface area contributed by atoms with E-state index in [4.69, 9.17) is 4.74 Å². The van der Waals surface area contributed by atoms with E-state index in [1.807, 2.05) is 44.2 Å². The minimum absolute atomic E-state index is 0.122. The Kier molecular flexibility index (Phi) is 6.17. The molecule has 0 bridgehead atoms. The van der Waals surface area contributed by atoms with E-state index in [0.29, 0.717) is 0 Å². The van der Waals surface area contributed by atoms with Crippen molar-refractivity contribution in [1.82, 2.24) is 0 Å². The molecular weight excluding hydrogens is 262 g/mol. The molecular formula is C18H23NO2. The Balaban J connectivity index is 3.41. The van der Waals surface area contributed by atoms with Crippen LogP contribution in [0, 0.1) is 22.7 Å². The molecule has 0 saturated heterocycles. The second-order valence-electron chi connectivity index (χ2n) is 5.43. The highest BCUT2D eigenvalue weighted by Crippen LogP contribution is 2.44. The maximum Gasteiger partial charge on any atom is 0.327 e. The van der Waals surface area contributed by atoms with Gasteiger partial charge in [-0.05, 0) is 24.8 Å². The minimum Gasteiger partial charge on any atom is -0.465 e. The molecule has 21 heavy (non-hydrogen) atoms. The topological polar surface area (TPSA) is 50.1 Å². The number of carbonyl (C=O) groups excluding carboxylic acids is 1. The third kappa shape index (κ3) is 3.52. The lowest BCUT2D eigenvalue weighted by molar-refractivity contribution is -0.153. The standard InChI is InChI=1S/C18H23NO2/c1-5-12-18(13-19,17(20)21-6-2)16(14(3)4)15-10-8-7-9-11-15/h5,7-11,14,16H,1,6,12H2,2-4H3/t16-,18-/m1/s1. The summed E-state index contributed by atoms with van der Waals surface area (Å²) in [5.74, 6) is -0.577. The van der Waals surface area contributed by atoms with E-state index < -0.39 is 11.4 Å². The number of hydrogen-bond acceptors (Lipinski definition) is 3. The van der Waals surface area contributed by atoms with Crippen molar-refractivity contribution in [3.05, 3.63) is 48.6 Å². The van der Waals surface area contributed by atoms with Gasteiger partial charge >= 0.3 is 5.97 Å².